The number of H-pyrrole nitrogens is 1. The molecule has 1 atom stereocenters. The standard InChI is InChI=1S/C29H29N3O3/c1-19-3-12-26(20(2)13-19)29(34)18-35-25-10-8-23(9-11-25)27(15-30)28(33)14-21-4-6-22(7-5-21)24-16-31-32-17-24/h3-13,16-17,27H,14-15,18,30H2,1-2H3,(H,31,32). The van der Waals surface area contributed by atoms with Gasteiger partial charge in [-0.2, -0.15) is 5.10 Å². The van der Waals surface area contributed by atoms with Crippen molar-refractivity contribution in [1.82, 2.24) is 10.2 Å². The van der Waals surface area contributed by atoms with Gasteiger partial charge in [-0.3, -0.25) is 14.7 Å². The van der Waals surface area contributed by atoms with Crippen LogP contribution in [0.25, 0.3) is 11.1 Å². The Hall–Kier alpha value is -4.03. The Labute approximate surface area is 205 Å². The highest BCUT2D eigenvalue weighted by Gasteiger charge is 2.20. The first kappa shape index (κ1) is 24.1. The van der Waals surface area contributed by atoms with Crippen LogP contribution in [0.15, 0.2) is 79.1 Å². The van der Waals surface area contributed by atoms with Crippen molar-refractivity contribution in [2.75, 3.05) is 13.2 Å². The number of carbonyl (C=O) groups excluding carboxylic acids is 2. The summed E-state index contributed by atoms with van der Waals surface area (Å²) in [6.45, 7) is 4.10. The first-order valence-corrected chi connectivity index (χ1v) is 11.6. The van der Waals surface area contributed by atoms with E-state index in [0.29, 0.717) is 17.7 Å². The third kappa shape index (κ3) is 5.91. The smallest absolute Gasteiger partial charge is 0.200 e. The first-order chi connectivity index (χ1) is 16.9. The number of aromatic nitrogens is 2. The molecule has 6 nitrogen and oxygen atoms in total. The van der Waals surface area contributed by atoms with E-state index in [0.717, 1.165) is 33.4 Å². The number of aromatic amines is 1. The maximum Gasteiger partial charge on any atom is 0.200 e. The van der Waals surface area contributed by atoms with Crippen LogP contribution >= 0.6 is 0 Å². The molecule has 1 unspecified atom stereocenters. The van der Waals surface area contributed by atoms with Crippen molar-refractivity contribution in [3.05, 3.63) is 107 Å². The van der Waals surface area contributed by atoms with Gasteiger partial charge in [-0.1, -0.05) is 60.2 Å². The molecule has 3 N–H and O–H groups in total. The molecule has 0 aliphatic heterocycles. The molecule has 178 valence electrons. The van der Waals surface area contributed by atoms with Gasteiger partial charge >= 0.3 is 0 Å². The zero-order chi connectivity index (χ0) is 24.8. The second kappa shape index (κ2) is 10.9. The van der Waals surface area contributed by atoms with E-state index in [9.17, 15) is 9.59 Å². The highest BCUT2D eigenvalue weighted by Crippen LogP contribution is 2.23. The Morgan fingerprint density at radius 1 is 0.971 bits per heavy atom. The lowest BCUT2D eigenvalue weighted by Crippen LogP contribution is -2.23. The molecular weight excluding hydrogens is 438 g/mol. The third-order valence-electron chi connectivity index (χ3n) is 6.12. The largest absolute Gasteiger partial charge is 0.485 e. The van der Waals surface area contributed by atoms with Gasteiger partial charge in [0.25, 0.3) is 0 Å². The monoisotopic (exact) mass is 467 g/mol. The van der Waals surface area contributed by atoms with Gasteiger partial charge < -0.3 is 10.5 Å². The van der Waals surface area contributed by atoms with Crippen LogP contribution in [0.5, 0.6) is 5.75 Å². The Morgan fingerprint density at radius 3 is 2.34 bits per heavy atom. The van der Waals surface area contributed by atoms with Crippen LogP contribution < -0.4 is 10.5 Å². The van der Waals surface area contributed by atoms with E-state index in [1.807, 2.05) is 74.6 Å². The Morgan fingerprint density at radius 2 is 1.71 bits per heavy atom. The number of benzene rings is 3. The lowest BCUT2D eigenvalue weighted by molar-refractivity contribution is -0.119. The first-order valence-electron chi connectivity index (χ1n) is 11.6. The predicted octanol–water partition coefficient (Wildman–Crippen LogP) is 4.81. The van der Waals surface area contributed by atoms with Gasteiger partial charge in [0.15, 0.2) is 12.4 Å². The van der Waals surface area contributed by atoms with E-state index in [4.69, 9.17) is 10.5 Å². The highest BCUT2D eigenvalue weighted by molar-refractivity contribution is 5.98. The second-order valence-corrected chi connectivity index (χ2v) is 8.71. The fourth-order valence-corrected chi connectivity index (χ4v) is 4.15. The minimum atomic E-state index is -0.408. The van der Waals surface area contributed by atoms with Crippen LogP contribution in [0.1, 0.15) is 38.5 Å². The number of hydrogen-bond donors (Lipinski definition) is 2. The van der Waals surface area contributed by atoms with Crippen LogP contribution in [0.2, 0.25) is 0 Å². The van der Waals surface area contributed by atoms with Gasteiger partial charge in [0.05, 0.1) is 12.1 Å². The van der Waals surface area contributed by atoms with Crippen molar-refractivity contribution in [2.45, 2.75) is 26.2 Å². The van der Waals surface area contributed by atoms with Crippen molar-refractivity contribution in [1.29, 1.82) is 0 Å². The van der Waals surface area contributed by atoms with Gasteiger partial charge in [0.2, 0.25) is 0 Å². The number of nitrogens with two attached hydrogens (primary N) is 1. The van der Waals surface area contributed by atoms with E-state index in [2.05, 4.69) is 10.2 Å². The van der Waals surface area contributed by atoms with Gasteiger partial charge in [-0.15, -0.1) is 0 Å². The molecular formula is C29H29N3O3. The molecule has 0 saturated carbocycles. The summed E-state index contributed by atoms with van der Waals surface area (Å²) in [6.07, 6.45) is 3.89. The number of ketones is 2. The van der Waals surface area contributed by atoms with Gasteiger partial charge in [0, 0.05) is 30.3 Å². The number of carbonyl (C=O) groups is 2. The zero-order valence-electron chi connectivity index (χ0n) is 20.0. The van der Waals surface area contributed by atoms with E-state index in [1.165, 1.54) is 0 Å². The summed E-state index contributed by atoms with van der Waals surface area (Å²) in [5, 5.41) is 6.77. The van der Waals surface area contributed by atoms with Crippen molar-refractivity contribution < 1.29 is 14.3 Å². The van der Waals surface area contributed by atoms with E-state index >= 15 is 0 Å². The molecule has 0 aliphatic rings. The van der Waals surface area contributed by atoms with Crippen LogP contribution in [0.3, 0.4) is 0 Å². The Kier molecular flexibility index (Phi) is 7.53. The summed E-state index contributed by atoms with van der Waals surface area (Å²) < 4.78 is 5.70. The Balaban J connectivity index is 1.36. The molecule has 0 aliphatic carbocycles. The molecule has 6 heteroatoms. The van der Waals surface area contributed by atoms with E-state index in [-0.39, 0.29) is 24.7 Å². The second-order valence-electron chi connectivity index (χ2n) is 8.71. The number of rotatable bonds is 10. The topological polar surface area (TPSA) is 98.1 Å². The Bertz CT molecular complexity index is 1290. The molecule has 4 rings (SSSR count). The minimum absolute atomic E-state index is 0.0443. The molecule has 0 saturated heterocycles. The summed E-state index contributed by atoms with van der Waals surface area (Å²) in [5.41, 5.74) is 12.5. The van der Waals surface area contributed by atoms with Crippen molar-refractivity contribution in [3.8, 4) is 16.9 Å². The third-order valence-corrected chi connectivity index (χ3v) is 6.12. The fourth-order valence-electron chi connectivity index (χ4n) is 4.15. The summed E-state index contributed by atoms with van der Waals surface area (Å²) in [7, 11) is 0. The highest BCUT2D eigenvalue weighted by atomic mass is 16.5. The van der Waals surface area contributed by atoms with Gasteiger partial charge in [-0.25, -0.2) is 0 Å². The molecule has 0 spiro atoms. The number of nitrogens with one attached hydrogen (secondary N) is 1. The van der Waals surface area contributed by atoms with E-state index < -0.39 is 5.92 Å². The number of Topliss-reactive ketones (excluding diaryl/α,β-unsaturated/α-hetero) is 2. The molecule has 0 radical (unpaired) electrons. The normalized spacial score (nSPS) is 11.7. The average molecular weight is 468 g/mol. The predicted molar refractivity (Wildman–Crippen MR) is 137 cm³/mol. The molecule has 1 aromatic heterocycles. The van der Waals surface area contributed by atoms with Crippen molar-refractivity contribution in [3.63, 3.8) is 0 Å². The molecule has 0 fully saturated rings. The van der Waals surface area contributed by atoms with Crippen LogP contribution in [0.4, 0.5) is 0 Å². The maximum absolute atomic E-state index is 13.0. The summed E-state index contributed by atoms with van der Waals surface area (Å²) in [5.74, 6) is 0.155. The van der Waals surface area contributed by atoms with Gasteiger partial charge in [0.1, 0.15) is 11.5 Å². The lowest BCUT2D eigenvalue weighted by Gasteiger charge is -2.15. The SMILES string of the molecule is Cc1ccc(C(=O)COc2ccc(C(CN)C(=O)Cc3ccc(-c4cn[nH]c4)cc3)cc2)c(C)c1. The quantitative estimate of drug-likeness (QED) is 0.326. The number of ether oxygens (including phenoxy) is 1. The number of nitrogens with zero attached hydrogens (tertiary/aromatic N) is 1. The number of aryl methyl sites for hydroxylation is 2. The van der Waals surface area contributed by atoms with Gasteiger partial charge in [-0.05, 0) is 48.2 Å². The molecule has 0 amide bonds. The lowest BCUT2D eigenvalue weighted by atomic mass is 9.91. The van der Waals surface area contributed by atoms with Crippen molar-refractivity contribution in [2.24, 2.45) is 5.73 Å². The molecule has 0 bridgehead atoms. The molecule has 4 aromatic rings. The summed E-state index contributed by atoms with van der Waals surface area (Å²) in [6, 6.07) is 20.9. The zero-order valence-corrected chi connectivity index (χ0v) is 20.0. The molecule has 35 heavy (non-hydrogen) atoms. The average Bonchev–Trinajstić information content (AvgIpc) is 3.39. The minimum Gasteiger partial charge on any atom is -0.485 e. The number of hydrogen-bond acceptors (Lipinski definition) is 5. The fraction of sp³-hybridized carbons (Fsp3) is 0.207. The molecule has 3 aromatic carbocycles. The van der Waals surface area contributed by atoms with Crippen molar-refractivity contribution >= 4 is 11.6 Å². The van der Waals surface area contributed by atoms with Crippen LogP contribution in [-0.4, -0.2) is 34.9 Å². The maximum atomic E-state index is 13.0. The summed E-state index contributed by atoms with van der Waals surface area (Å²) in [4.78, 5) is 25.5. The van der Waals surface area contributed by atoms with Crippen LogP contribution in [-0.2, 0) is 11.2 Å². The van der Waals surface area contributed by atoms with Crippen LogP contribution in [0, 0.1) is 13.8 Å². The van der Waals surface area contributed by atoms with E-state index in [1.54, 1.807) is 18.3 Å². The molecule has 1 heterocycles. The summed E-state index contributed by atoms with van der Waals surface area (Å²) >= 11 is 0.